The fourth-order valence-electron chi connectivity index (χ4n) is 3.17. The highest BCUT2D eigenvalue weighted by Gasteiger charge is 2.49. The number of Topliss-reactive ketones (excluding diaryl/α,β-unsaturated/α-hetero) is 1. The third kappa shape index (κ3) is 4.54. The number of rotatable bonds is 7. The van der Waals surface area contributed by atoms with E-state index in [1.165, 1.54) is 60.7 Å². The minimum atomic E-state index is -5.05. The van der Waals surface area contributed by atoms with Crippen LogP contribution in [-0.2, 0) is 14.4 Å². The van der Waals surface area contributed by atoms with Crippen LogP contribution in [0.15, 0.2) is 95.9 Å². The molecule has 0 radical (unpaired) electrons. The zero-order valence-corrected chi connectivity index (χ0v) is 16.9. The second-order valence-corrected chi connectivity index (χ2v) is 10.3. The summed E-state index contributed by atoms with van der Waals surface area (Å²) in [5.74, 6) is -0.869. The Kier molecular flexibility index (Phi) is 6.15. The Labute approximate surface area is 168 Å². The van der Waals surface area contributed by atoms with E-state index in [2.05, 4.69) is 0 Å². The van der Waals surface area contributed by atoms with Crippen LogP contribution in [0.25, 0.3) is 0 Å². The highest BCUT2D eigenvalue weighted by atomic mass is 32.2. The molecule has 0 heterocycles. The average Bonchev–Trinajstić information content (AvgIpc) is 2.72. The molecule has 0 aliphatic heterocycles. The number of carbonyl (C=O) groups is 1. The molecule has 0 aliphatic carbocycles. The topological polar surface area (TPSA) is 109 Å². The third-order valence-electron chi connectivity index (χ3n) is 4.51. The minimum absolute atomic E-state index is 0.0615. The third-order valence-corrected chi connectivity index (χ3v) is 8.12. The van der Waals surface area contributed by atoms with Crippen molar-refractivity contribution in [1.82, 2.24) is 0 Å². The first-order valence-corrected chi connectivity index (χ1v) is 11.9. The maximum Gasteiger partial charge on any atom is 0.334 e. The lowest BCUT2D eigenvalue weighted by atomic mass is 10.0. The summed E-state index contributed by atoms with van der Waals surface area (Å²) in [5.41, 5.74) is -1.71. The molecule has 0 aromatic heterocycles. The van der Waals surface area contributed by atoms with Crippen LogP contribution in [0.4, 0.5) is 0 Å². The summed E-state index contributed by atoms with van der Waals surface area (Å²) in [6, 6.07) is 22.4. The highest BCUT2D eigenvalue weighted by molar-refractivity contribution is 7.93. The van der Waals surface area contributed by atoms with Crippen molar-refractivity contribution in [2.24, 2.45) is 0 Å². The van der Waals surface area contributed by atoms with Gasteiger partial charge in [-0.1, -0.05) is 78.9 Å². The van der Waals surface area contributed by atoms with Crippen molar-refractivity contribution in [3.05, 3.63) is 102 Å². The lowest BCUT2D eigenvalue weighted by molar-refractivity contribution is 0.0981. The van der Waals surface area contributed by atoms with Gasteiger partial charge in [0, 0.05) is 5.56 Å². The molecule has 150 valence electrons. The van der Waals surface area contributed by atoms with Gasteiger partial charge in [0.25, 0.3) is 0 Å². The molecule has 0 spiro atoms. The number of sulfone groups is 1. The van der Waals surface area contributed by atoms with Crippen LogP contribution in [0.5, 0.6) is 0 Å². The van der Waals surface area contributed by atoms with Crippen molar-refractivity contribution >= 4 is 23.2 Å². The van der Waals surface area contributed by atoms with Gasteiger partial charge in [0.05, 0.1) is 4.90 Å². The quantitative estimate of drug-likeness (QED) is 0.438. The molecule has 29 heavy (non-hydrogen) atoms. The van der Waals surface area contributed by atoms with Gasteiger partial charge in [0.1, 0.15) is 10.9 Å². The van der Waals surface area contributed by atoms with E-state index in [0.717, 1.165) is 0 Å². The highest BCUT2D eigenvalue weighted by Crippen LogP contribution is 2.56. The largest absolute Gasteiger partial charge is 0.334 e. The van der Waals surface area contributed by atoms with Crippen LogP contribution in [0.2, 0.25) is 0 Å². The molecule has 2 N–H and O–H groups in total. The average molecular weight is 430 g/mol. The lowest BCUT2D eigenvalue weighted by Gasteiger charge is -2.27. The summed E-state index contributed by atoms with van der Waals surface area (Å²) < 4.78 is 39.4. The molecule has 0 saturated carbocycles. The predicted octanol–water partition coefficient (Wildman–Crippen LogP) is 3.63. The van der Waals surface area contributed by atoms with E-state index in [1.54, 1.807) is 30.3 Å². The fraction of sp³-hybridized carbons (Fsp3) is 0.0952. The Bertz CT molecular complexity index is 1130. The summed E-state index contributed by atoms with van der Waals surface area (Å²) >= 11 is 0. The molecular weight excluding hydrogens is 411 g/mol. The van der Waals surface area contributed by atoms with Gasteiger partial charge in [-0.05, 0) is 17.7 Å². The van der Waals surface area contributed by atoms with Gasteiger partial charge in [0.15, 0.2) is 15.6 Å². The summed E-state index contributed by atoms with van der Waals surface area (Å²) in [5, 5.41) is -1.99. The number of carbonyl (C=O) groups excluding carboxylic acids is 1. The molecule has 6 nitrogen and oxygen atoms in total. The van der Waals surface area contributed by atoms with E-state index in [-0.39, 0.29) is 16.0 Å². The van der Waals surface area contributed by atoms with Crippen molar-refractivity contribution in [2.75, 3.05) is 0 Å². The lowest BCUT2D eigenvalue weighted by Crippen LogP contribution is -2.36. The molecular formula is C21H19O6PS. The number of hydrogen-bond donors (Lipinski definition) is 2. The normalized spacial score (nSPS) is 14.1. The van der Waals surface area contributed by atoms with Gasteiger partial charge in [-0.25, -0.2) is 8.42 Å². The van der Waals surface area contributed by atoms with Crippen molar-refractivity contribution < 1.29 is 27.6 Å². The van der Waals surface area contributed by atoms with E-state index >= 15 is 0 Å². The predicted molar refractivity (Wildman–Crippen MR) is 109 cm³/mol. The molecule has 3 rings (SSSR count). The smallest absolute Gasteiger partial charge is 0.324 e. The van der Waals surface area contributed by atoms with E-state index in [4.69, 9.17) is 0 Å². The number of ketones is 1. The van der Waals surface area contributed by atoms with Crippen LogP contribution in [0.3, 0.4) is 0 Å². The molecule has 0 aliphatic rings. The Morgan fingerprint density at radius 2 is 1.21 bits per heavy atom. The molecule has 8 heteroatoms. The minimum Gasteiger partial charge on any atom is -0.324 e. The maximum absolute atomic E-state index is 13.4. The standard InChI is InChI=1S/C21H19O6PS/c22-19(16-10-4-1-5-11-16)21(29(26,27)18-14-8-3-9-15-18)20(28(23,24)25)17-12-6-2-7-13-17/h1-15,20-21H,(H2,23,24,25). The Hall–Kier alpha value is -2.57. The van der Waals surface area contributed by atoms with Gasteiger partial charge in [-0.15, -0.1) is 0 Å². The number of hydrogen-bond acceptors (Lipinski definition) is 4. The number of benzene rings is 3. The molecule has 0 fully saturated rings. The van der Waals surface area contributed by atoms with Crippen LogP contribution < -0.4 is 0 Å². The molecule has 2 unspecified atom stereocenters. The van der Waals surface area contributed by atoms with Crippen LogP contribution in [0, 0.1) is 0 Å². The van der Waals surface area contributed by atoms with E-state index in [0.29, 0.717) is 0 Å². The Morgan fingerprint density at radius 3 is 1.69 bits per heavy atom. The van der Waals surface area contributed by atoms with Gasteiger partial charge in [-0.3, -0.25) is 9.36 Å². The zero-order chi connectivity index (χ0) is 21.1. The van der Waals surface area contributed by atoms with Gasteiger partial charge >= 0.3 is 7.60 Å². The van der Waals surface area contributed by atoms with Crippen molar-refractivity contribution in [2.45, 2.75) is 15.8 Å². The molecule has 0 bridgehead atoms. The molecule has 0 amide bonds. The van der Waals surface area contributed by atoms with Crippen LogP contribution in [0.1, 0.15) is 21.6 Å². The first kappa shape index (κ1) is 21.1. The monoisotopic (exact) mass is 430 g/mol. The second kappa shape index (κ2) is 8.43. The molecule has 3 aromatic carbocycles. The zero-order valence-electron chi connectivity index (χ0n) is 15.2. The summed E-state index contributed by atoms with van der Waals surface area (Å²) in [7, 11) is -9.47. The van der Waals surface area contributed by atoms with E-state index < -0.39 is 34.1 Å². The molecule has 2 atom stereocenters. The Morgan fingerprint density at radius 1 is 0.759 bits per heavy atom. The van der Waals surface area contributed by atoms with Crippen molar-refractivity contribution in [3.8, 4) is 0 Å². The van der Waals surface area contributed by atoms with Gasteiger partial charge in [-0.2, -0.15) is 0 Å². The summed E-state index contributed by atoms with van der Waals surface area (Å²) in [6.45, 7) is 0. The maximum atomic E-state index is 13.4. The fourth-order valence-corrected chi connectivity index (χ4v) is 6.92. The first-order valence-electron chi connectivity index (χ1n) is 8.71. The summed E-state index contributed by atoms with van der Waals surface area (Å²) in [4.78, 5) is 33.3. The SMILES string of the molecule is O=C(c1ccccc1)C(C(c1ccccc1)P(=O)(O)O)S(=O)(=O)c1ccccc1. The molecule has 3 aromatic rings. The molecule has 0 saturated heterocycles. The van der Waals surface area contributed by atoms with Crippen LogP contribution in [-0.4, -0.2) is 29.2 Å². The van der Waals surface area contributed by atoms with Crippen LogP contribution >= 0.6 is 7.60 Å². The first-order chi connectivity index (χ1) is 13.7. The summed E-state index contributed by atoms with van der Waals surface area (Å²) in [6.07, 6.45) is 0. The van der Waals surface area contributed by atoms with Crippen molar-refractivity contribution in [3.63, 3.8) is 0 Å². The van der Waals surface area contributed by atoms with E-state index in [1.807, 2.05) is 0 Å². The second-order valence-electron chi connectivity index (χ2n) is 6.45. The van der Waals surface area contributed by atoms with E-state index in [9.17, 15) is 27.6 Å². The van der Waals surface area contributed by atoms with Gasteiger partial charge in [0.2, 0.25) is 0 Å². The van der Waals surface area contributed by atoms with Gasteiger partial charge < -0.3 is 9.79 Å². The Balaban J connectivity index is 2.27. The van der Waals surface area contributed by atoms with Crippen molar-refractivity contribution in [1.29, 1.82) is 0 Å².